The Labute approximate surface area is 179 Å². The van der Waals surface area contributed by atoms with Crippen LogP contribution in [0.4, 0.5) is 0 Å². The number of nitrogens with one attached hydrogen (secondary N) is 1. The number of rotatable bonds is 7. The minimum absolute atomic E-state index is 0.0341. The zero-order chi connectivity index (χ0) is 21.8. The van der Waals surface area contributed by atoms with E-state index in [2.05, 4.69) is 21.2 Å². The Balaban J connectivity index is 2.05. The van der Waals surface area contributed by atoms with Crippen LogP contribution in [0.25, 0.3) is 0 Å². The topological polar surface area (TPSA) is 92.8 Å². The summed E-state index contributed by atoms with van der Waals surface area (Å²) in [6.45, 7) is 3.74. The van der Waals surface area contributed by atoms with Crippen molar-refractivity contribution >= 4 is 37.8 Å². The second-order valence-electron chi connectivity index (χ2n) is 6.68. The predicted molar refractivity (Wildman–Crippen MR) is 113 cm³/mol. The van der Waals surface area contributed by atoms with E-state index in [1.54, 1.807) is 0 Å². The summed E-state index contributed by atoms with van der Waals surface area (Å²) in [4.78, 5) is 24.6. The molecule has 2 aromatic carbocycles. The number of hydrogen-bond donors (Lipinski definition) is 1. The van der Waals surface area contributed by atoms with E-state index in [0.29, 0.717) is 11.0 Å². The summed E-state index contributed by atoms with van der Waals surface area (Å²) in [7, 11) is -0.959. The van der Waals surface area contributed by atoms with E-state index in [1.165, 1.54) is 39.2 Å². The average Bonchev–Trinajstić information content (AvgIpc) is 2.67. The number of amides is 1. The van der Waals surface area contributed by atoms with Crippen molar-refractivity contribution in [2.75, 3.05) is 14.1 Å². The fourth-order valence-electron chi connectivity index (χ4n) is 2.35. The van der Waals surface area contributed by atoms with Crippen LogP contribution in [0.3, 0.4) is 0 Å². The molecule has 7 nitrogen and oxygen atoms in total. The largest absolute Gasteiger partial charge is 0.449 e. The molecular weight excluding hydrogens is 460 g/mol. The van der Waals surface area contributed by atoms with Crippen LogP contribution in [0.15, 0.2) is 51.8 Å². The zero-order valence-corrected chi connectivity index (χ0v) is 19.0. The first kappa shape index (κ1) is 23.1. The van der Waals surface area contributed by atoms with Crippen LogP contribution in [0.2, 0.25) is 0 Å². The van der Waals surface area contributed by atoms with Gasteiger partial charge in [0.1, 0.15) is 0 Å². The molecule has 0 aromatic heterocycles. The average molecular weight is 483 g/mol. The maximum atomic E-state index is 12.4. The predicted octanol–water partition coefficient (Wildman–Crippen LogP) is 2.87. The quantitative estimate of drug-likeness (QED) is 0.612. The van der Waals surface area contributed by atoms with Gasteiger partial charge in [0.25, 0.3) is 5.91 Å². The highest BCUT2D eigenvalue weighted by atomic mass is 79.9. The number of benzene rings is 2. The summed E-state index contributed by atoms with van der Waals surface area (Å²) in [5, 5.41) is 2.71. The molecule has 29 heavy (non-hydrogen) atoms. The van der Waals surface area contributed by atoms with Gasteiger partial charge in [0, 0.05) is 25.1 Å². The minimum atomic E-state index is -3.75. The lowest BCUT2D eigenvalue weighted by Crippen LogP contribution is -2.35. The Morgan fingerprint density at radius 2 is 1.76 bits per heavy atom. The number of sulfonamides is 1. The highest BCUT2D eigenvalue weighted by molar-refractivity contribution is 9.10. The molecule has 0 aliphatic heterocycles. The van der Waals surface area contributed by atoms with Gasteiger partial charge in [0.05, 0.1) is 10.5 Å². The molecule has 0 bridgehead atoms. The maximum absolute atomic E-state index is 12.4. The fraction of sp³-hybridized carbons (Fsp3) is 0.300. The fourth-order valence-corrected chi connectivity index (χ4v) is 4.19. The number of nitrogens with zero attached hydrogens (tertiary/aromatic N) is 1. The second-order valence-corrected chi connectivity index (χ2v) is 9.66. The number of aryl methyl sites for hydroxylation is 1. The first-order chi connectivity index (χ1) is 13.5. The second kappa shape index (κ2) is 9.51. The lowest BCUT2D eigenvalue weighted by atomic mass is 10.1. The first-order valence-electron chi connectivity index (χ1n) is 8.78. The van der Waals surface area contributed by atoms with Crippen LogP contribution in [0, 0.1) is 6.92 Å². The Morgan fingerprint density at radius 1 is 1.14 bits per heavy atom. The highest BCUT2D eigenvalue weighted by Crippen LogP contribution is 2.25. The summed E-state index contributed by atoms with van der Waals surface area (Å²) in [5.74, 6) is -1.23. The van der Waals surface area contributed by atoms with E-state index in [1.807, 2.05) is 31.2 Å². The molecule has 0 saturated heterocycles. The third-order valence-electron chi connectivity index (χ3n) is 4.17. The summed E-state index contributed by atoms with van der Waals surface area (Å²) >= 11 is 3.18. The van der Waals surface area contributed by atoms with Crippen molar-refractivity contribution in [1.82, 2.24) is 9.62 Å². The molecular formula is C20H23BrN2O5S. The molecule has 0 fully saturated rings. The molecule has 0 spiro atoms. The van der Waals surface area contributed by atoms with Gasteiger partial charge in [-0.3, -0.25) is 4.79 Å². The van der Waals surface area contributed by atoms with Gasteiger partial charge >= 0.3 is 5.97 Å². The van der Waals surface area contributed by atoms with E-state index in [4.69, 9.17) is 4.74 Å². The molecule has 0 radical (unpaired) electrons. The number of carbonyl (C=O) groups is 2. The minimum Gasteiger partial charge on any atom is -0.449 e. The smallest absolute Gasteiger partial charge is 0.338 e. The summed E-state index contributed by atoms with van der Waals surface area (Å²) in [6, 6.07) is 11.8. The van der Waals surface area contributed by atoms with Crippen molar-refractivity contribution in [3.8, 4) is 0 Å². The van der Waals surface area contributed by atoms with E-state index in [9.17, 15) is 18.0 Å². The van der Waals surface area contributed by atoms with E-state index in [0.717, 1.165) is 15.4 Å². The van der Waals surface area contributed by atoms with Crippen LogP contribution < -0.4 is 5.32 Å². The molecule has 9 heteroatoms. The molecule has 1 N–H and O–H groups in total. The third kappa shape index (κ3) is 5.88. The zero-order valence-electron chi connectivity index (χ0n) is 16.6. The normalized spacial score (nSPS) is 12.5. The molecule has 0 aliphatic carbocycles. The summed E-state index contributed by atoms with van der Waals surface area (Å²) < 4.78 is 31.3. The Hall–Kier alpha value is -2.23. The number of carbonyl (C=O) groups excluding carboxylic acids is 2. The summed E-state index contributed by atoms with van der Waals surface area (Å²) in [5.41, 5.74) is 2.08. The number of halogens is 1. The lowest BCUT2D eigenvalue weighted by Gasteiger charge is -2.16. The highest BCUT2D eigenvalue weighted by Gasteiger charge is 2.24. The van der Waals surface area contributed by atoms with Gasteiger partial charge in [-0.1, -0.05) is 29.8 Å². The summed E-state index contributed by atoms with van der Waals surface area (Å²) in [6.07, 6.45) is -1.04. The standard InChI is InChI=1S/C20H23BrN2O5S/c1-13-5-7-15(8-6-13)12-22-19(24)14(2)28-20(25)16-9-10-17(21)18(11-16)29(26,27)23(3)4/h5-11,14H,12H2,1-4H3,(H,22,24). The number of ether oxygens (including phenoxy) is 1. The Bertz CT molecular complexity index is 1000. The van der Waals surface area contributed by atoms with Gasteiger partial charge in [-0.05, 0) is 53.5 Å². The van der Waals surface area contributed by atoms with Gasteiger partial charge in [0.15, 0.2) is 6.10 Å². The van der Waals surface area contributed by atoms with Crippen molar-refractivity contribution in [2.45, 2.75) is 31.4 Å². The van der Waals surface area contributed by atoms with Crippen LogP contribution in [-0.4, -0.2) is 44.8 Å². The SMILES string of the molecule is Cc1ccc(CNC(=O)C(C)OC(=O)c2ccc(Br)c(S(=O)(=O)N(C)C)c2)cc1. The molecule has 0 saturated carbocycles. The molecule has 1 atom stereocenters. The first-order valence-corrected chi connectivity index (χ1v) is 11.0. The van der Waals surface area contributed by atoms with Crippen molar-refractivity contribution in [2.24, 2.45) is 0 Å². The van der Waals surface area contributed by atoms with Gasteiger partial charge < -0.3 is 10.1 Å². The number of esters is 1. The van der Waals surface area contributed by atoms with E-state index < -0.39 is 28.0 Å². The van der Waals surface area contributed by atoms with Gasteiger partial charge in [0.2, 0.25) is 10.0 Å². The maximum Gasteiger partial charge on any atom is 0.338 e. The van der Waals surface area contributed by atoms with Crippen molar-refractivity contribution in [3.05, 3.63) is 63.6 Å². The van der Waals surface area contributed by atoms with Crippen LogP contribution in [0.5, 0.6) is 0 Å². The Morgan fingerprint density at radius 3 is 2.34 bits per heavy atom. The van der Waals surface area contributed by atoms with Crippen LogP contribution >= 0.6 is 15.9 Å². The number of hydrogen-bond acceptors (Lipinski definition) is 5. The van der Waals surface area contributed by atoms with Crippen LogP contribution in [0.1, 0.15) is 28.4 Å². The van der Waals surface area contributed by atoms with Crippen molar-refractivity contribution in [3.63, 3.8) is 0 Å². The van der Waals surface area contributed by atoms with Gasteiger partial charge in [-0.2, -0.15) is 0 Å². The molecule has 156 valence electrons. The third-order valence-corrected chi connectivity index (χ3v) is 6.97. The van der Waals surface area contributed by atoms with E-state index in [-0.39, 0.29) is 10.5 Å². The van der Waals surface area contributed by atoms with Gasteiger partial charge in [-0.15, -0.1) is 0 Å². The molecule has 1 unspecified atom stereocenters. The monoisotopic (exact) mass is 482 g/mol. The molecule has 2 aromatic rings. The Kier molecular flexibility index (Phi) is 7.56. The molecule has 0 heterocycles. The molecule has 1 amide bonds. The lowest BCUT2D eigenvalue weighted by molar-refractivity contribution is -0.129. The van der Waals surface area contributed by atoms with Crippen molar-refractivity contribution in [1.29, 1.82) is 0 Å². The van der Waals surface area contributed by atoms with Crippen molar-refractivity contribution < 1.29 is 22.7 Å². The van der Waals surface area contributed by atoms with Crippen LogP contribution in [-0.2, 0) is 26.1 Å². The van der Waals surface area contributed by atoms with Gasteiger partial charge in [-0.25, -0.2) is 17.5 Å². The molecule has 0 aliphatic rings. The molecule has 2 rings (SSSR count). The van der Waals surface area contributed by atoms with E-state index >= 15 is 0 Å².